The minimum absolute atomic E-state index is 0. The van der Waals surface area contributed by atoms with Crippen molar-refractivity contribution in [2.24, 2.45) is 0 Å². The van der Waals surface area contributed by atoms with Crippen LogP contribution in [0.2, 0.25) is 0 Å². The summed E-state index contributed by atoms with van der Waals surface area (Å²) < 4.78 is 0. The zero-order chi connectivity index (χ0) is 18.5. The van der Waals surface area contributed by atoms with E-state index in [0.717, 1.165) is 48.2 Å². The van der Waals surface area contributed by atoms with E-state index in [4.69, 9.17) is 11.5 Å². The second kappa shape index (κ2) is 7.95. The number of hydrogen-bond acceptors (Lipinski definition) is 5. The fourth-order valence-corrected chi connectivity index (χ4v) is 3.15. The molecule has 5 nitrogen and oxygen atoms in total. The fourth-order valence-electron chi connectivity index (χ4n) is 3.15. The Morgan fingerprint density at radius 1 is 0.692 bits per heavy atom. The molecule has 5 heteroatoms. The molecule has 136 valence electrons. The van der Waals surface area contributed by atoms with Gasteiger partial charge in [-0.3, -0.25) is 4.98 Å². The summed E-state index contributed by atoms with van der Waals surface area (Å²) in [6, 6.07) is 10.2. The van der Waals surface area contributed by atoms with Crippen LogP contribution in [0.5, 0.6) is 0 Å². The Hall–Kier alpha value is -2.95. The summed E-state index contributed by atoms with van der Waals surface area (Å²) in [5.74, 6) is 1.16. The highest BCUT2D eigenvalue weighted by atomic mass is 14.8. The molecule has 0 saturated carbocycles. The number of nitrogen functional groups attached to an aromatic ring is 2. The summed E-state index contributed by atoms with van der Waals surface area (Å²) in [5, 5.41) is 0. The van der Waals surface area contributed by atoms with Crippen molar-refractivity contribution in [3.05, 3.63) is 76.4 Å². The van der Waals surface area contributed by atoms with Gasteiger partial charge in [0.1, 0.15) is 11.6 Å². The molecule has 0 aliphatic carbocycles. The van der Waals surface area contributed by atoms with Gasteiger partial charge in [0.05, 0.1) is 0 Å². The lowest BCUT2D eigenvalue weighted by molar-refractivity contribution is 0.879. The van der Waals surface area contributed by atoms with Gasteiger partial charge in [-0.2, -0.15) is 0 Å². The van der Waals surface area contributed by atoms with Gasteiger partial charge in [0.2, 0.25) is 0 Å². The standard InChI is InChI=1S/C21H25N5.H2/c1-14-7-18(25-20(22)9-14)5-3-16-11-17(13-24-12-16)4-6-19-8-15(2)10-21(23)26-19;/h7-13H,3-6H2,1-2H3,(H2,22,25)(H2,23,26);1H. The number of aromatic nitrogens is 3. The van der Waals surface area contributed by atoms with Crippen LogP contribution in [0.15, 0.2) is 42.7 Å². The maximum Gasteiger partial charge on any atom is 0.123 e. The largest absolute Gasteiger partial charge is 0.384 e. The van der Waals surface area contributed by atoms with E-state index in [1.54, 1.807) is 0 Å². The summed E-state index contributed by atoms with van der Waals surface area (Å²) >= 11 is 0. The maximum atomic E-state index is 5.83. The molecule has 3 heterocycles. The average Bonchev–Trinajstić information content (AvgIpc) is 2.57. The van der Waals surface area contributed by atoms with E-state index in [9.17, 15) is 0 Å². The van der Waals surface area contributed by atoms with E-state index < -0.39 is 0 Å². The highest BCUT2D eigenvalue weighted by Crippen LogP contribution is 2.13. The maximum absolute atomic E-state index is 5.83. The molecule has 0 bridgehead atoms. The highest BCUT2D eigenvalue weighted by Gasteiger charge is 2.04. The molecule has 0 atom stereocenters. The van der Waals surface area contributed by atoms with Crippen LogP contribution in [-0.4, -0.2) is 15.0 Å². The molecule has 0 saturated heterocycles. The van der Waals surface area contributed by atoms with Crippen molar-refractivity contribution in [3.8, 4) is 0 Å². The Kier molecular flexibility index (Phi) is 5.46. The van der Waals surface area contributed by atoms with Crippen molar-refractivity contribution in [1.29, 1.82) is 0 Å². The zero-order valence-electron chi connectivity index (χ0n) is 15.4. The van der Waals surface area contributed by atoms with Crippen molar-refractivity contribution >= 4 is 11.6 Å². The van der Waals surface area contributed by atoms with E-state index in [-0.39, 0.29) is 1.43 Å². The molecule has 0 amide bonds. The predicted molar refractivity (Wildman–Crippen MR) is 108 cm³/mol. The SMILES string of the molecule is Cc1cc(N)nc(CCc2cncc(CCc3cc(C)cc(N)n3)c2)c1.[HH]. The molecule has 0 unspecified atom stereocenters. The van der Waals surface area contributed by atoms with Crippen molar-refractivity contribution in [2.45, 2.75) is 39.5 Å². The molecule has 4 N–H and O–H groups in total. The van der Waals surface area contributed by atoms with Crippen molar-refractivity contribution in [3.63, 3.8) is 0 Å². The summed E-state index contributed by atoms with van der Waals surface area (Å²) in [4.78, 5) is 13.2. The van der Waals surface area contributed by atoms with Gasteiger partial charge in [-0.1, -0.05) is 6.07 Å². The van der Waals surface area contributed by atoms with E-state index in [1.807, 2.05) is 38.4 Å². The highest BCUT2D eigenvalue weighted by molar-refractivity contribution is 5.35. The van der Waals surface area contributed by atoms with E-state index in [0.29, 0.717) is 11.6 Å². The number of pyridine rings is 3. The van der Waals surface area contributed by atoms with E-state index in [1.165, 1.54) is 11.1 Å². The first-order valence-electron chi connectivity index (χ1n) is 8.87. The molecule has 3 aromatic heterocycles. The van der Waals surface area contributed by atoms with Crippen LogP contribution in [0.4, 0.5) is 11.6 Å². The Morgan fingerprint density at radius 3 is 1.58 bits per heavy atom. The molecule has 0 radical (unpaired) electrons. The molecule has 0 aliphatic rings. The lowest BCUT2D eigenvalue weighted by Gasteiger charge is -2.07. The monoisotopic (exact) mass is 349 g/mol. The summed E-state index contributed by atoms with van der Waals surface area (Å²) in [6.45, 7) is 4.08. The Balaban J connectivity index is 0.00000261. The minimum atomic E-state index is 0. The molecule has 3 rings (SSSR count). The second-order valence-corrected chi connectivity index (χ2v) is 6.82. The number of anilines is 2. The van der Waals surface area contributed by atoms with Gasteiger partial charge in [-0.15, -0.1) is 0 Å². The van der Waals surface area contributed by atoms with E-state index in [2.05, 4.69) is 33.2 Å². The van der Waals surface area contributed by atoms with Crippen LogP contribution in [0.25, 0.3) is 0 Å². The first kappa shape index (κ1) is 17.9. The van der Waals surface area contributed by atoms with Gasteiger partial charge >= 0.3 is 0 Å². The molecule has 3 aromatic rings. The molecule has 0 aromatic carbocycles. The topological polar surface area (TPSA) is 90.7 Å². The van der Waals surface area contributed by atoms with Crippen LogP contribution in [0, 0.1) is 13.8 Å². The van der Waals surface area contributed by atoms with Gasteiger partial charge in [0.15, 0.2) is 0 Å². The molecular formula is C21H27N5. The average molecular weight is 349 g/mol. The second-order valence-electron chi connectivity index (χ2n) is 6.82. The molecule has 0 spiro atoms. The van der Waals surface area contributed by atoms with Gasteiger partial charge in [-0.05, 0) is 86.1 Å². The zero-order valence-corrected chi connectivity index (χ0v) is 15.4. The van der Waals surface area contributed by atoms with Crippen molar-refractivity contribution in [2.75, 3.05) is 11.5 Å². The predicted octanol–water partition coefficient (Wildman–Crippen LogP) is 3.47. The lowest BCUT2D eigenvalue weighted by Crippen LogP contribution is -2.01. The molecule has 0 fully saturated rings. The Labute approximate surface area is 156 Å². The number of rotatable bonds is 6. The number of nitrogens with two attached hydrogens (primary N) is 2. The third-order valence-electron chi connectivity index (χ3n) is 4.28. The fraction of sp³-hybridized carbons (Fsp3) is 0.286. The smallest absolute Gasteiger partial charge is 0.123 e. The van der Waals surface area contributed by atoms with Crippen molar-refractivity contribution < 1.29 is 1.43 Å². The van der Waals surface area contributed by atoms with Crippen LogP contribution in [0.1, 0.15) is 35.1 Å². The summed E-state index contributed by atoms with van der Waals surface area (Å²) in [6.07, 6.45) is 7.34. The number of nitrogens with zero attached hydrogens (tertiary/aromatic N) is 3. The van der Waals surface area contributed by atoms with Crippen LogP contribution in [-0.2, 0) is 25.7 Å². The Bertz CT molecular complexity index is 800. The number of aryl methyl sites for hydroxylation is 6. The quantitative estimate of drug-likeness (QED) is 0.711. The molecule has 0 aliphatic heterocycles. The number of hydrogen-bond donors (Lipinski definition) is 2. The Morgan fingerprint density at radius 2 is 1.15 bits per heavy atom. The third kappa shape index (κ3) is 5.02. The van der Waals surface area contributed by atoms with Crippen LogP contribution >= 0.6 is 0 Å². The van der Waals surface area contributed by atoms with Crippen molar-refractivity contribution in [1.82, 2.24) is 15.0 Å². The first-order valence-corrected chi connectivity index (χ1v) is 8.87. The van der Waals surface area contributed by atoms with Gasteiger partial charge in [0.25, 0.3) is 0 Å². The normalized spacial score (nSPS) is 10.8. The lowest BCUT2D eigenvalue weighted by atomic mass is 10.0. The summed E-state index contributed by atoms with van der Waals surface area (Å²) in [5.41, 5.74) is 18.4. The van der Waals surface area contributed by atoms with Crippen LogP contribution < -0.4 is 11.5 Å². The minimum Gasteiger partial charge on any atom is -0.384 e. The molecule has 26 heavy (non-hydrogen) atoms. The van der Waals surface area contributed by atoms with Crippen LogP contribution in [0.3, 0.4) is 0 Å². The van der Waals surface area contributed by atoms with E-state index >= 15 is 0 Å². The first-order chi connectivity index (χ1) is 12.5. The molecular weight excluding hydrogens is 322 g/mol. The van der Waals surface area contributed by atoms with Gasteiger partial charge in [-0.25, -0.2) is 9.97 Å². The van der Waals surface area contributed by atoms with Gasteiger partial charge < -0.3 is 11.5 Å². The third-order valence-corrected chi connectivity index (χ3v) is 4.28. The summed E-state index contributed by atoms with van der Waals surface area (Å²) in [7, 11) is 0. The van der Waals surface area contributed by atoms with Gasteiger partial charge in [0, 0.05) is 25.2 Å².